The van der Waals surface area contributed by atoms with E-state index in [1.165, 1.54) is 6.33 Å². The van der Waals surface area contributed by atoms with Crippen molar-refractivity contribution in [3.05, 3.63) is 66.0 Å². The number of nitrogens with two attached hydrogens (primary N) is 2. The third-order valence-electron chi connectivity index (χ3n) is 4.84. The van der Waals surface area contributed by atoms with Gasteiger partial charge in [0.2, 0.25) is 0 Å². The number of para-hydroxylation sites is 1. The summed E-state index contributed by atoms with van der Waals surface area (Å²) in [5.41, 5.74) is 13.8. The van der Waals surface area contributed by atoms with Gasteiger partial charge in [-0.1, -0.05) is 36.4 Å². The molecule has 1 amide bonds. The van der Waals surface area contributed by atoms with Crippen LogP contribution in [0.25, 0.3) is 10.9 Å². The summed E-state index contributed by atoms with van der Waals surface area (Å²) in [6.45, 7) is 0.474. The molecule has 0 saturated heterocycles. The fourth-order valence-corrected chi connectivity index (χ4v) is 3.49. The number of primary amides is 1. The molecule has 1 heterocycles. The summed E-state index contributed by atoms with van der Waals surface area (Å²) in [5, 5.41) is 0.824. The van der Waals surface area contributed by atoms with Crippen LogP contribution in [0, 0.1) is 0 Å². The molecule has 1 unspecified atom stereocenters. The van der Waals surface area contributed by atoms with Crippen molar-refractivity contribution in [3.8, 4) is 0 Å². The van der Waals surface area contributed by atoms with E-state index in [0.29, 0.717) is 23.7 Å². The molecular weight excluding hydrogens is 326 g/mol. The van der Waals surface area contributed by atoms with Crippen molar-refractivity contribution in [1.82, 2.24) is 9.97 Å². The van der Waals surface area contributed by atoms with Gasteiger partial charge in [0.1, 0.15) is 12.1 Å². The lowest BCUT2D eigenvalue weighted by atomic mass is 10.0. The number of hydrogen-bond acceptors (Lipinski definition) is 5. The van der Waals surface area contributed by atoms with E-state index in [1.807, 2.05) is 30.3 Å². The Morgan fingerprint density at radius 2 is 1.88 bits per heavy atom. The lowest BCUT2D eigenvalue weighted by molar-refractivity contribution is 0.100. The van der Waals surface area contributed by atoms with Crippen LogP contribution in [0.15, 0.2) is 54.9 Å². The van der Waals surface area contributed by atoms with Crippen LogP contribution in [0.4, 0.5) is 5.82 Å². The Kier molecular flexibility index (Phi) is 4.26. The first kappa shape index (κ1) is 16.5. The van der Waals surface area contributed by atoms with E-state index in [9.17, 15) is 4.79 Å². The third kappa shape index (κ3) is 2.88. The Morgan fingerprint density at radius 1 is 1.12 bits per heavy atom. The molecule has 26 heavy (non-hydrogen) atoms. The second-order valence-electron chi connectivity index (χ2n) is 6.56. The van der Waals surface area contributed by atoms with Crippen LogP contribution in [0.2, 0.25) is 0 Å². The molecular formula is C20H21N5O. The van der Waals surface area contributed by atoms with Crippen molar-refractivity contribution in [2.45, 2.75) is 24.9 Å². The Morgan fingerprint density at radius 3 is 2.54 bits per heavy atom. The average Bonchev–Trinajstić information content (AvgIpc) is 3.50. The van der Waals surface area contributed by atoms with Crippen LogP contribution in [-0.4, -0.2) is 28.5 Å². The van der Waals surface area contributed by atoms with E-state index in [1.54, 1.807) is 6.07 Å². The van der Waals surface area contributed by atoms with Crippen molar-refractivity contribution in [1.29, 1.82) is 0 Å². The predicted molar refractivity (Wildman–Crippen MR) is 102 cm³/mol. The molecule has 1 atom stereocenters. The van der Waals surface area contributed by atoms with Gasteiger partial charge < -0.3 is 16.4 Å². The van der Waals surface area contributed by atoms with E-state index in [0.717, 1.165) is 29.6 Å². The molecule has 4 rings (SSSR count). The Balaban J connectivity index is 1.88. The highest BCUT2D eigenvalue weighted by Gasteiger charge is 2.36. The second-order valence-corrected chi connectivity index (χ2v) is 6.56. The number of nitrogens with zero attached hydrogens (tertiary/aromatic N) is 3. The third-order valence-corrected chi connectivity index (χ3v) is 4.84. The lowest BCUT2D eigenvalue weighted by Crippen LogP contribution is -2.36. The van der Waals surface area contributed by atoms with Gasteiger partial charge in [0.25, 0.3) is 5.91 Å². The van der Waals surface area contributed by atoms with Gasteiger partial charge in [-0.3, -0.25) is 4.79 Å². The first-order chi connectivity index (χ1) is 12.7. The number of carbonyl (C=O) groups is 1. The molecule has 0 radical (unpaired) electrons. The van der Waals surface area contributed by atoms with E-state index >= 15 is 0 Å². The van der Waals surface area contributed by atoms with Crippen molar-refractivity contribution in [2.75, 3.05) is 11.4 Å². The number of aromatic nitrogens is 2. The molecule has 6 nitrogen and oxygen atoms in total. The molecule has 6 heteroatoms. The Labute approximate surface area is 151 Å². The molecule has 0 aliphatic heterocycles. The standard InChI is InChI=1S/C20H21N5O/c21-11-17(13-5-2-1-3-6-13)25(14-9-10-14)20-16-8-4-7-15(19(22)26)18(16)23-12-24-20/h1-8,12,14,17H,9-11,21H2,(H2,22,26). The van der Waals surface area contributed by atoms with Crippen LogP contribution < -0.4 is 16.4 Å². The predicted octanol–water partition coefficient (Wildman–Crippen LogP) is 2.40. The summed E-state index contributed by atoms with van der Waals surface area (Å²) in [4.78, 5) is 22.9. The fraction of sp³-hybridized carbons (Fsp3) is 0.250. The second kappa shape index (κ2) is 6.72. The van der Waals surface area contributed by atoms with Gasteiger partial charge in [-0.15, -0.1) is 0 Å². The number of amides is 1. The van der Waals surface area contributed by atoms with Crippen LogP contribution in [0.5, 0.6) is 0 Å². The smallest absolute Gasteiger partial charge is 0.250 e. The zero-order valence-corrected chi connectivity index (χ0v) is 14.4. The largest absolute Gasteiger partial charge is 0.366 e. The molecule has 3 aromatic rings. The van der Waals surface area contributed by atoms with Gasteiger partial charge in [-0.25, -0.2) is 9.97 Å². The summed E-state index contributed by atoms with van der Waals surface area (Å²) in [5.74, 6) is 0.316. The summed E-state index contributed by atoms with van der Waals surface area (Å²) in [6, 6.07) is 16.1. The van der Waals surface area contributed by atoms with E-state index in [4.69, 9.17) is 11.5 Å². The van der Waals surface area contributed by atoms with Crippen molar-refractivity contribution >= 4 is 22.6 Å². The Hall–Kier alpha value is -2.99. The molecule has 4 N–H and O–H groups in total. The SMILES string of the molecule is NCC(c1ccccc1)N(c1ncnc2c(C(N)=O)cccc12)C1CC1. The molecule has 1 aromatic heterocycles. The number of fused-ring (bicyclic) bond motifs is 1. The maximum absolute atomic E-state index is 11.8. The van der Waals surface area contributed by atoms with Gasteiger partial charge in [0.15, 0.2) is 0 Å². The number of carbonyl (C=O) groups excluding carboxylic acids is 1. The fourth-order valence-electron chi connectivity index (χ4n) is 3.49. The first-order valence-electron chi connectivity index (χ1n) is 8.77. The summed E-state index contributed by atoms with van der Waals surface area (Å²) in [7, 11) is 0. The van der Waals surface area contributed by atoms with Crippen LogP contribution in [0.1, 0.15) is 34.8 Å². The first-order valence-corrected chi connectivity index (χ1v) is 8.77. The summed E-state index contributed by atoms with van der Waals surface area (Å²) < 4.78 is 0. The molecule has 1 saturated carbocycles. The van der Waals surface area contributed by atoms with E-state index in [-0.39, 0.29) is 6.04 Å². The topological polar surface area (TPSA) is 98.1 Å². The molecule has 1 aliphatic carbocycles. The molecule has 0 bridgehead atoms. The summed E-state index contributed by atoms with van der Waals surface area (Å²) in [6.07, 6.45) is 3.70. The van der Waals surface area contributed by atoms with Crippen molar-refractivity contribution in [2.24, 2.45) is 11.5 Å². The normalized spacial score (nSPS) is 15.0. The number of rotatable bonds is 6. The highest BCUT2D eigenvalue weighted by Crippen LogP contribution is 2.40. The molecule has 2 aromatic carbocycles. The van der Waals surface area contributed by atoms with Gasteiger partial charge in [0, 0.05) is 18.0 Å². The molecule has 1 fully saturated rings. The van der Waals surface area contributed by atoms with Gasteiger partial charge in [0.05, 0.1) is 17.1 Å². The monoisotopic (exact) mass is 347 g/mol. The quantitative estimate of drug-likeness (QED) is 0.713. The minimum Gasteiger partial charge on any atom is -0.366 e. The van der Waals surface area contributed by atoms with Gasteiger partial charge in [-0.05, 0) is 30.5 Å². The van der Waals surface area contributed by atoms with Gasteiger partial charge >= 0.3 is 0 Å². The number of anilines is 1. The number of benzene rings is 2. The molecule has 1 aliphatic rings. The van der Waals surface area contributed by atoms with E-state index < -0.39 is 5.91 Å². The zero-order chi connectivity index (χ0) is 18.1. The average molecular weight is 347 g/mol. The highest BCUT2D eigenvalue weighted by atomic mass is 16.1. The maximum Gasteiger partial charge on any atom is 0.250 e. The van der Waals surface area contributed by atoms with Crippen molar-refractivity contribution in [3.63, 3.8) is 0 Å². The Bertz CT molecular complexity index is 939. The van der Waals surface area contributed by atoms with E-state index in [2.05, 4.69) is 27.0 Å². The molecule has 0 spiro atoms. The van der Waals surface area contributed by atoms with Crippen LogP contribution >= 0.6 is 0 Å². The highest BCUT2D eigenvalue weighted by molar-refractivity contribution is 6.07. The summed E-state index contributed by atoms with van der Waals surface area (Å²) >= 11 is 0. The van der Waals surface area contributed by atoms with Crippen LogP contribution in [-0.2, 0) is 0 Å². The van der Waals surface area contributed by atoms with Crippen LogP contribution in [0.3, 0.4) is 0 Å². The van der Waals surface area contributed by atoms with Crippen molar-refractivity contribution < 1.29 is 4.79 Å². The maximum atomic E-state index is 11.8. The zero-order valence-electron chi connectivity index (χ0n) is 14.4. The minimum absolute atomic E-state index is 0.0130. The minimum atomic E-state index is -0.489. The van der Waals surface area contributed by atoms with Gasteiger partial charge in [-0.2, -0.15) is 0 Å². The molecule has 132 valence electrons. The lowest BCUT2D eigenvalue weighted by Gasteiger charge is -2.33. The number of hydrogen-bond donors (Lipinski definition) is 2.